The predicted octanol–water partition coefficient (Wildman–Crippen LogP) is 5.63. The van der Waals surface area contributed by atoms with Crippen LogP contribution in [0.2, 0.25) is 0 Å². The molecule has 5 nitrogen and oxygen atoms in total. The van der Waals surface area contributed by atoms with Crippen LogP contribution in [0.5, 0.6) is 0 Å². The summed E-state index contributed by atoms with van der Waals surface area (Å²) in [6.07, 6.45) is 16.1. The standard InChI is InChI=1S/C26H36N4O/c1-18(2)25-28-17-23(20-12-14-27-15-13-20)24(30-25)21-10-8-19(9-11-21)16-29-26(31)22-6-4-3-5-7-22/h12-15,17-19,21-22H,3-11,16H2,1-2H3,(H,29,31). The van der Waals surface area contributed by atoms with Crippen LogP contribution in [0, 0.1) is 11.8 Å². The molecule has 0 spiro atoms. The van der Waals surface area contributed by atoms with Crippen LogP contribution in [0.25, 0.3) is 11.1 Å². The third kappa shape index (κ3) is 5.50. The molecule has 0 bridgehead atoms. The number of amides is 1. The normalized spacial score (nSPS) is 22.4. The summed E-state index contributed by atoms with van der Waals surface area (Å²) in [5, 5.41) is 3.27. The van der Waals surface area contributed by atoms with Gasteiger partial charge in [0.1, 0.15) is 5.82 Å². The van der Waals surface area contributed by atoms with Gasteiger partial charge < -0.3 is 5.32 Å². The van der Waals surface area contributed by atoms with Gasteiger partial charge in [0.25, 0.3) is 0 Å². The van der Waals surface area contributed by atoms with Crippen molar-refractivity contribution in [1.29, 1.82) is 0 Å². The van der Waals surface area contributed by atoms with E-state index in [2.05, 4.69) is 29.1 Å². The fraction of sp³-hybridized carbons (Fsp3) is 0.615. The van der Waals surface area contributed by atoms with Crippen LogP contribution in [-0.2, 0) is 4.79 Å². The number of nitrogens with one attached hydrogen (secondary N) is 1. The number of nitrogens with zero attached hydrogens (tertiary/aromatic N) is 3. The molecular weight excluding hydrogens is 384 g/mol. The Labute approximate surface area is 186 Å². The second-order valence-corrected chi connectivity index (χ2v) is 9.72. The third-order valence-corrected chi connectivity index (χ3v) is 7.12. The molecule has 0 atom stereocenters. The number of hydrogen-bond donors (Lipinski definition) is 1. The van der Waals surface area contributed by atoms with E-state index in [4.69, 9.17) is 4.98 Å². The number of pyridine rings is 1. The summed E-state index contributed by atoms with van der Waals surface area (Å²) >= 11 is 0. The maximum absolute atomic E-state index is 12.5. The van der Waals surface area contributed by atoms with Crippen LogP contribution in [-0.4, -0.2) is 27.4 Å². The van der Waals surface area contributed by atoms with Crippen molar-refractivity contribution in [3.05, 3.63) is 42.2 Å². The van der Waals surface area contributed by atoms with Crippen LogP contribution >= 0.6 is 0 Å². The zero-order valence-electron chi connectivity index (χ0n) is 19.0. The SMILES string of the molecule is CC(C)c1ncc(-c2ccncc2)c(C2CCC(CNC(=O)C3CCCCC3)CC2)n1. The first kappa shape index (κ1) is 21.9. The Morgan fingerprint density at radius 1 is 1.03 bits per heavy atom. The van der Waals surface area contributed by atoms with Gasteiger partial charge in [-0.05, 0) is 62.1 Å². The van der Waals surface area contributed by atoms with Crippen LogP contribution in [0.15, 0.2) is 30.7 Å². The smallest absolute Gasteiger partial charge is 0.223 e. The lowest BCUT2D eigenvalue weighted by Gasteiger charge is -2.30. The molecular formula is C26H36N4O. The lowest BCUT2D eigenvalue weighted by molar-refractivity contribution is -0.126. The molecule has 2 fully saturated rings. The molecule has 0 saturated heterocycles. The maximum atomic E-state index is 12.5. The van der Waals surface area contributed by atoms with Crippen LogP contribution in [0.4, 0.5) is 0 Å². The van der Waals surface area contributed by atoms with E-state index >= 15 is 0 Å². The van der Waals surface area contributed by atoms with Gasteiger partial charge in [0.2, 0.25) is 5.91 Å². The van der Waals surface area contributed by atoms with Gasteiger partial charge in [-0.15, -0.1) is 0 Å². The molecule has 5 heteroatoms. The summed E-state index contributed by atoms with van der Waals surface area (Å²) in [5.74, 6) is 2.82. The van der Waals surface area contributed by atoms with E-state index in [9.17, 15) is 4.79 Å². The van der Waals surface area contributed by atoms with Gasteiger partial charge in [0.15, 0.2) is 0 Å². The molecule has 2 aromatic heterocycles. The molecule has 1 amide bonds. The van der Waals surface area contributed by atoms with Crippen molar-refractivity contribution in [3.63, 3.8) is 0 Å². The fourth-order valence-corrected chi connectivity index (χ4v) is 5.15. The minimum absolute atomic E-state index is 0.253. The Morgan fingerprint density at radius 3 is 2.42 bits per heavy atom. The first-order valence-electron chi connectivity index (χ1n) is 12.2. The lowest BCUT2D eigenvalue weighted by Crippen LogP contribution is -2.36. The lowest BCUT2D eigenvalue weighted by atomic mass is 9.78. The first-order valence-corrected chi connectivity index (χ1v) is 12.2. The summed E-state index contributed by atoms with van der Waals surface area (Å²) in [7, 11) is 0. The highest BCUT2D eigenvalue weighted by Gasteiger charge is 2.28. The quantitative estimate of drug-likeness (QED) is 0.657. The molecule has 2 aromatic rings. The molecule has 166 valence electrons. The van der Waals surface area contributed by atoms with E-state index in [0.29, 0.717) is 23.7 Å². The second-order valence-electron chi connectivity index (χ2n) is 9.72. The summed E-state index contributed by atoms with van der Waals surface area (Å²) in [6.45, 7) is 5.13. The van der Waals surface area contributed by atoms with E-state index < -0.39 is 0 Å². The van der Waals surface area contributed by atoms with Gasteiger partial charge in [-0.3, -0.25) is 9.78 Å². The van der Waals surface area contributed by atoms with Gasteiger partial charge in [0.05, 0.1) is 5.69 Å². The summed E-state index contributed by atoms with van der Waals surface area (Å²) in [5.41, 5.74) is 3.47. The summed E-state index contributed by atoms with van der Waals surface area (Å²) in [4.78, 5) is 26.3. The molecule has 0 aromatic carbocycles. The number of carbonyl (C=O) groups is 1. The number of carbonyl (C=O) groups excluding carboxylic acids is 1. The fourth-order valence-electron chi connectivity index (χ4n) is 5.15. The minimum atomic E-state index is 0.253. The van der Waals surface area contributed by atoms with Crippen LogP contribution in [0.3, 0.4) is 0 Å². The average molecular weight is 421 g/mol. The molecule has 2 heterocycles. The zero-order valence-corrected chi connectivity index (χ0v) is 19.0. The molecule has 4 rings (SSSR count). The predicted molar refractivity (Wildman–Crippen MR) is 124 cm³/mol. The Balaban J connectivity index is 1.39. The van der Waals surface area contributed by atoms with Gasteiger partial charge in [-0.2, -0.15) is 0 Å². The Morgan fingerprint density at radius 2 is 1.74 bits per heavy atom. The topological polar surface area (TPSA) is 67.8 Å². The minimum Gasteiger partial charge on any atom is -0.356 e. The Bertz CT molecular complexity index is 853. The first-order chi connectivity index (χ1) is 15.1. The van der Waals surface area contributed by atoms with Crippen LogP contribution < -0.4 is 5.32 Å². The largest absolute Gasteiger partial charge is 0.356 e. The molecule has 2 aliphatic carbocycles. The van der Waals surface area contributed by atoms with Gasteiger partial charge in [-0.25, -0.2) is 9.97 Å². The van der Waals surface area contributed by atoms with Crippen molar-refractivity contribution < 1.29 is 4.79 Å². The van der Waals surface area contributed by atoms with Crippen molar-refractivity contribution >= 4 is 5.91 Å². The van der Waals surface area contributed by atoms with Crippen molar-refractivity contribution in [2.75, 3.05) is 6.54 Å². The highest BCUT2D eigenvalue weighted by Crippen LogP contribution is 2.39. The van der Waals surface area contributed by atoms with E-state index in [0.717, 1.165) is 62.0 Å². The van der Waals surface area contributed by atoms with Crippen molar-refractivity contribution in [2.24, 2.45) is 11.8 Å². The summed E-state index contributed by atoms with van der Waals surface area (Å²) in [6, 6.07) is 4.09. The van der Waals surface area contributed by atoms with Gasteiger partial charge in [-0.1, -0.05) is 33.1 Å². The van der Waals surface area contributed by atoms with Crippen molar-refractivity contribution in [3.8, 4) is 11.1 Å². The monoisotopic (exact) mass is 420 g/mol. The van der Waals surface area contributed by atoms with Gasteiger partial charge in [0, 0.05) is 48.5 Å². The molecule has 1 N–H and O–H groups in total. The number of rotatable bonds is 6. The average Bonchev–Trinajstić information content (AvgIpc) is 2.83. The third-order valence-electron chi connectivity index (χ3n) is 7.12. The molecule has 2 aliphatic rings. The highest BCUT2D eigenvalue weighted by molar-refractivity contribution is 5.78. The van der Waals surface area contributed by atoms with E-state index in [1.165, 1.54) is 25.0 Å². The van der Waals surface area contributed by atoms with Crippen molar-refractivity contribution in [1.82, 2.24) is 20.3 Å². The van der Waals surface area contributed by atoms with E-state index in [1.807, 2.05) is 30.7 Å². The molecule has 31 heavy (non-hydrogen) atoms. The Kier molecular flexibility index (Phi) is 7.31. The molecule has 0 aliphatic heterocycles. The van der Waals surface area contributed by atoms with Crippen LogP contribution in [0.1, 0.15) is 95.0 Å². The van der Waals surface area contributed by atoms with E-state index in [-0.39, 0.29) is 5.92 Å². The maximum Gasteiger partial charge on any atom is 0.223 e. The molecule has 0 unspecified atom stereocenters. The second kappa shape index (κ2) is 10.3. The zero-order chi connectivity index (χ0) is 21.6. The number of hydrogen-bond acceptors (Lipinski definition) is 4. The molecule has 0 radical (unpaired) electrons. The molecule has 2 saturated carbocycles. The highest BCUT2D eigenvalue weighted by atomic mass is 16.1. The summed E-state index contributed by atoms with van der Waals surface area (Å²) < 4.78 is 0. The Hall–Kier alpha value is -2.30. The van der Waals surface area contributed by atoms with Gasteiger partial charge >= 0.3 is 0 Å². The number of aromatic nitrogens is 3. The van der Waals surface area contributed by atoms with Crippen molar-refractivity contribution in [2.45, 2.75) is 83.5 Å². The van der Waals surface area contributed by atoms with E-state index in [1.54, 1.807) is 0 Å².